The second kappa shape index (κ2) is 5.78. The molecule has 0 fully saturated rings. The van der Waals surface area contributed by atoms with Gasteiger partial charge in [-0.1, -0.05) is 48.5 Å². The minimum atomic E-state index is -0.348. The number of ketones is 1. The van der Waals surface area contributed by atoms with Crippen LogP contribution in [0.2, 0.25) is 0 Å². The molecule has 0 amide bonds. The van der Waals surface area contributed by atoms with E-state index in [1.165, 1.54) is 6.07 Å². The Balaban J connectivity index is 1.91. The summed E-state index contributed by atoms with van der Waals surface area (Å²) in [4.78, 5) is 12.4. The Morgan fingerprint density at radius 3 is 2.52 bits per heavy atom. The molecule has 0 aliphatic rings. The Morgan fingerprint density at radius 1 is 0.952 bits per heavy atom. The Hall–Kier alpha value is -2.00. The second-order valence-electron chi connectivity index (χ2n) is 4.87. The van der Waals surface area contributed by atoms with E-state index in [2.05, 4.69) is 15.9 Å². The van der Waals surface area contributed by atoms with Crippen molar-refractivity contribution in [1.82, 2.24) is 0 Å². The Kier molecular flexibility index (Phi) is 3.84. The number of fused-ring (bicyclic) bond motifs is 1. The first-order valence-corrected chi connectivity index (χ1v) is 7.39. The van der Waals surface area contributed by atoms with Crippen LogP contribution in [0.3, 0.4) is 0 Å². The summed E-state index contributed by atoms with van der Waals surface area (Å²) in [6.07, 6.45) is 0.177. The van der Waals surface area contributed by atoms with Crippen LogP contribution >= 0.6 is 15.9 Å². The summed E-state index contributed by atoms with van der Waals surface area (Å²) in [5.41, 5.74) is 1.30. The van der Waals surface area contributed by atoms with E-state index in [1.807, 2.05) is 42.5 Å². The van der Waals surface area contributed by atoms with E-state index in [-0.39, 0.29) is 18.0 Å². The molecule has 0 saturated carbocycles. The zero-order valence-electron chi connectivity index (χ0n) is 11.1. The molecule has 0 heterocycles. The van der Waals surface area contributed by atoms with Gasteiger partial charge in [-0.25, -0.2) is 4.39 Å². The van der Waals surface area contributed by atoms with Crippen molar-refractivity contribution in [2.45, 2.75) is 6.42 Å². The highest BCUT2D eigenvalue weighted by Crippen LogP contribution is 2.23. The highest BCUT2D eigenvalue weighted by atomic mass is 79.9. The lowest BCUT2D eigenvalue weighted by Crippen LogP contribution is -2.04. The van der Waals surface area contributed by atoms with E-state index in [0.717, 1.165) is 10.8 Å². The van der Waals surface area contributed by atoms with Crippen LogP contribution in [0.15, 0.2) is 65.1 Å². The Bertz CT molecular complexity index is 826. The smallest absolute Gasteiger partial charge is 0.167 e. The fraction of sp³-hybridized carbons (Fsp3) is 0.0556. The lowest BCUT2D eigenvalue weighted by atomic mass is 10.00. The highest BCUT2D eigenvalue weighted by molar-refractivity contribution is 9.10. The highest BCUT2D eigenvalue weighted by Gasteiger charge is 2.12. The number of Topliss-reactive ketones (excluding diaryl/α,β-unsaturated/α-hetero) is 1. The number of hydrogen-bond donors (Lipinski definition) is 0. The van der Waals surface area contributed by atoms with E-state index in [1.54, 1.807) is 12.1 Å². The van der Waals surface area contributed by atoms with Gasteiger partial charge in [0, 0.05) is 12.0 Å². The van der Waals surface area contributed by atoms with Crippen molar-refractivity contribution in [3.8, 4) is 0 Å². The zero-order chi connectivity index (χ0) is 14.8. The summed E-state index contributed by atoms with van der Waals surface area (Å²) in [6, 6.07) is 18.3. The standard InChI is InChI=1S/C18H12BrFO/c19-18-15(6-3-7-16(18)20)11-17(21)14-9-8-12-4-1-2-5-13(12)10-14/h1-10H,11H2. The molecule has 3 heteroatoms. The van der Waals surface area contributed by atoms with Crippen LogP contribution in [0.25, 0.3) is 10.8 Å². The van der Waals surface area contributed by atoms with Crippen LogP contribution in [0.4, 0.5) is 4.39 Å². The molecular weight excluding hydrogens is 331 g/mol. The van der Waals surface area contributed by atoms with Gasteiger partial charge in [-0.3, -0.25) is 4.79 Å². The van der Waals surface area contributed by atoms with Gasteiger partial charge in [0.05, 0.1) is 4.47 Å². The molecular formula is C18H12BrFO. The SMILES string of the molecule is O=C(Cc1cccc(F)c1Br)c1ccc2ccccc2c1. The summed E-state index contributed by atoms with van der Waals surface area (Å²) >= 11 is 3.19. The number of hydrogen-bond acceptors (Lipinski definition) is 1. The second-order valence-corrected chi connectivity index (χ2v) is 5.67. The number of rotatable bonds is 3. The number of carbonyl (C=O) groups excluding carboxylic acids is 1. The molecule has 0 N–H and O–H groups in total. The van der Waals surface area contributed by atoms with Crippen molar-refractivity contribution in [3.63, 3.8) is 0 Å². The quantitative estimate of drug-likeness (QED) is 0.600. The lowest BCUT2D eigenvalue weighted by molar-refractivity contribution is 0.0993. The van der Waals surface area contributed by atoms with Crippen molar-refractivity contribution in [3.05, 3.63) is 82.1 Å². The molecule has 0 bridgehead atoms. The van der Waals surface area contributed by atoms with E-state index >= 15 is 0 Å². The van der Waals surface area contributed by atoms with Crippen molar-refractivity contribution in [2.75, 3.05) is 0 Å². The number of carbonyl (C=O) groups is 1. The molecule has 0 saturated heterocycles. The van der Waals surface area contributed by atoms with Gasteiger partial charge in [0.25, 0.3) is 0 Å². The first-order valence-electron chi connectivity index (χ1n) is 6.60. The third kappa shape index (κ3) is 2.88. The van der Waals surface area contributed by atoms with Crippen LogP contribution < -0.4 is 0 Å². The van der Waals surface area contributed by atoms with Crippen molar-refractivity contribution >= 4 is 32.5 Å². The van der Waals surface area contributed by atoms with Gasteiger partial charge in [-0.15, -0.1) is 0 Å². The molecule has 0 aromatic heterocycles. The number of benzene rings is 3. The predicted octanol–water partition coefficient (Wildman–Crippen LogP) is 5.17. The van der Waals surface area contributed by atoms with Crippen molar-refractivity contribution < 1.29 is 9.18 Å². The van der Waals surface area contributed by atoms with E-state index in [4.69, 9.17) is 0 Å². The van der Waals surface area contributed by atoms with E-state index in [0.29, 0.717) is 15.6 Å². The van der Waals surface area contributed by atoms with Gasteiger partial charge in [0.1, 0.15) is 5.82 Å². The third-order valence-corrected chi connectivity index (χ3v) is 4.34. The van der Waals surface area contributed by atoms with Crippen LogP contribution in [0, 0.1) is 5.82 Å². The topological polar surface area (TPSA) is 17.1 Å². The monoisotopic (exact) mass is 342 g/mol. The maximum absolute atomic E-state index is 13.5. The molecule has 0 atom stereocenters. The largest absolute Gasteiger partial charge is 0.294 e. The first kappa shape index (κ1) is 14.0. The summed E-state index contributed by atoms with van der Waals surface area (Å²) in [5.74, 6) is -0.370. The van der Waals surface area contributed by atoms with Crippen LogP contribution in [0.5, 0.6) is 0 Å². The van der Waals surface area contributed by atoms with Gasteiger partial charge >= 0.3 is 0 Å². The van der Waals surface area contributed by atoms with Gasteiger partial charge in [-0.2, -0.15) is 0 Å². The summed E-state index contributed by atoms with van der Waals surface area (Å²) in [6.45, 7) is 0. The molecule has 3 aromatic rings. The van der Waals surface area contributed by atoms with Crippen LogP contribution in [0.1, 0.15) is 15.9 Å². The fourth-order valence-electron chi connectivity index (χ4n) is 2.32. The molecule has 0 radical (unpaired) electrons. The molecule has 0 unspecified atom stereocenters. The number of halogens is 2. The van der Waals surface area contributed by atoms with E-state index < -0.39 is 0 Å². The lowest BCUT2D eigenvalue weighted by Gasteiger charge is -2.06. The first-order chi connectivity index (χ1) is 10.1. The molecule has 3 aromatic carbocycles. The molecule has 0 aliphatic heterocycles. The molecule has 1 nitrogen and oxygen atoms in total. The van der Waals surface area contributed by atoms with Gasteiger partial charge in [0.15, 0.2) is 5.78 Å². The Morgan fingerprint density at radius 2 is 1.71 bits per heavy atom. The Labute approximate surface area is 130 Å². The summed E-state index contributed by atoms with van der Waals surface area (Å²) in [7, 11) is 0. The zero-order valence-corrected chi connectivity index (χ0v) is 12.7. The molecule has 3 rings (SSSR count). The van der Waals surface area contributed by atoms with Crippen molar-refractivity contribution in [1.29, 1.82) is 0 Å². The molecule has 104 valence electrons. The molecule has 0 spiro atoms. The van der Waals surface area contributed by atoms with Crippen molar-refractivity contribution in [2.24, 2.45) is 0 Å². The molecule has 21 heavy (non-hydrogen) atoms. The average molecular weight is 343 g/mol. The van der Waals surface area contributed by atoms with Gasteiger partial charge in [0.2, 0.25) is 0 Å². The maximum Gasteiger partial charge on any atom is 0.167 e. The molecule has 0 aliphatic carbocycles. The third-order valence-electron chi connectivity index (χ3n) is 3.45. The summed E-state index contributed by atoms with van der Waals surface area (Å²) < 4.78 is 13.8. The summed E-state index contributed by atoms with van der Waals surface area (Å²) in [5, 5.41) is 2.13. The van der Waals surface area contributed by atoms with Gasteiger partial charge in [-0.05, 0) is 44.4 Å². The predicted molar refractivity (Wildman–Crippen MR) is 86.1 cm³/mol. The van der Waals surface area contributed by atoms with Crippen LogP contribution in [-0.4, -0.2) is 5.78 Å². The van der Waals surface area contributed by atoms with Gasteiger partial charge < -0.3 is 0 Å². The fourth-order valence-corrected chi connectivity index (χ4v) is 2.73. The minimum absolute atomic E-state index is 0.0212. The van der Waals surface area contributed by atoms with E-state index in [9.17, 15) is 9.18 Å². The average Bonchev–Trinajstić information content (AvgIpc) is 2.51. The normalized spacial score (nSPS) is 10.8. The van der Waals surface area contributed by atoms with Crippen LogP contribution in [-0.2, 0) is 6.42 Å². The minimum Gasteiger partial charge on any atom is -0.294 e. The maximum atomic E-state index is 13.5.